The Morgan fingerprint density at radius 1 is 1.12 bits per heavy atom. The lowest BCUT2D eigenvalue weighted by atomic mass is 10.2. The Morgan fingerprint density at radius 3 is 2.38 bits per heavy atom. The van der Waals surface area contributed by atoms with Crippen LogP contribution in [0.4, 0.5) is 4.39 Å². The number of benzene rings is 1. The molecule has 0 saturated carbocycles. The van der Waals surface area contributed by atoms with Gasteiger partial charge in [-0.1, -0.05) is 23.7 Å². The highest BCUT2D eigenvalue weighted by Crippen LogP contribution is 2.11. The molecule has 0 fully saturated rings. The smallest absolute Gasteiger partial charge is 0.316 e. The standard InChI is InChI=1S/C11H8ClFN2O/c12-9-3-1-8(2-4-9)7-16-11-14-5-10(13)6-15-11/h1-6H,7H2. The van der Waals surface area contributed by atoms with Crippen LogP contribution in [0, 0.1) is 5.82 Å². The average Bonchev–Trinajstić information content (AvgIpc) is 2.30. The van der Waals surface area contributed by atoms with Gasteiger partial charge in [0.25, 0.3) is 0 Å². The van der Waals surface area contributed by atoms with Crippen LogP contribution in [0.15, 0.2) is 36.7 Å². The number of rotatable bonds is 3. The van der Waals surface area contributed by atoms with E-state index in [4.69, 9.17) is 16.3 Å². The van der Waals surface area contributed by atoms with Gasteiger partial charge >= 0.3 is 6.01 Å². The van der Waals surface area contributed by atoms with E-state index >= 15 is 0 Å². The zero-order valence-corrected chi connectivity index (χ0v) is 8.99. The lowest BCUT2D eigenvalue weighted by Crippen LogP contribution is -1.99. The summed E-state index contributed by atoms with van der Waals surface area (Å²) in [5.74, 6) is -0.487. The van der Waals surface area contributed by atoms with E-state index in [1.807, 2.05) is 12.1 Å². The second kappa shape index (κ2) is 4.90. The molecule has 2 rings (SSSR count). The Bertz CT molecular complexity index is 413. The molecule has 0 unspecified atom stereocenters. The van der Waals surface area contributed by atoms with Crippen molar-refractivity contribution in [3.63, 3.8) is 0 Å². The van der Waals surface area contributed by atoms with Crippen LogP contribution in [-0.2, 0) is 6.61 Å². The van der Waals surface area contributed by atoms with Gasteiger partial charge in [-0.25, -0.2) is 14.4 Å². The molecule has 1 aromatic carbocycles. The van der Waals surface area contributed by atoms with Crippen LogP contribution in [0.5, 0.6) is 6.01 Å². The van der Waals surface area contributed by atoms with Crippen molar-refractivity contribution in [2.75, 3.05) is 0 Å². The maximum Gasteiger partial charge on any atom is 0.316 e. The molecule has 0 aliphatic rings. The highest BCUT2D eigenvalue weighted by molar-refractivity contribution is 6.30. The molecule has 16 heavy (non-hydrogen) atoms. The summed E-state index contributed by atoms with van der Waals surface area (Å²) in [5, 5.41) is 0.668. The van der Waals surface area contributed by atoms with Crippen LogP contribution in [0.1, 0.15) is 5.56 Å². The molecular weight excluding hydrogens is 231 g/mol. The number of ether oxygens (including phenoxy) is 1. The first-order chi connectivity index (χ1) is 7.74. The SMILES string of the molecule is Fc1cnc(OCc2ccc(Cl)cc2)nc1. The Balaban J connectivity index is 1.97. The summed E-state index contributed by atoms with van der Waals surface area (Å²) in [6, 6.07) is 7.37. The summed E-state index contributed by atoms with van der Waals surface area (Å²) in [6.07, 6.45) is 2.12. The van der Waals surface area contributed by atoms with Crippen LogP contribution in [0.2, 0.25) is 5.02 Å². The van der Waals surface area contributed by atoms with E-state index in [1.165, 1.54) is 0 Å². The van der Waals surface area contributed by atoms with Crippen LogP contribution in [-0.4, -0.2) is 9.97 Å². The molecule has 0 atom stereocenters. The highest BCUT2D eigenvalue weighted by atomic mass is 35.5. The van der Waals surface area contributed by atoms with Gasteiger partial charge in [0.1, 0.15) is 6.61 Å². The molecule has 2 aromatic rings. The number of halogens is 2. The molecule has 0 saturated heterocycles. The van der Waals surface area contributed by atoms with Crippen LogP contribution >= 0.6 is 11.6 Å². The fourth-order valence-corrected chi connectivity index (χ4v) is 1.23. The fourth-order valence-electron chi connectivity index (χ4n) is 1.10. The quantitative estimate of drug-likeness (QED) is 0.825. The van der Waals surface area contributed by atoms with E-state index < -0.39 is 5.82 Å². The second-order valence-corrected chi connectivity index (χ2v) is 3.54. The van der Waals surface area contributed by atoms with Crippen molar-refractivity contribution in [3.05, 3.63) is 53.1 Å². The van der Waals surface area contributed by atoms with Gasteiger partial charge in [0.15, 0.2) is 5.82 Å². The van der Waals surface area contributed by atoms with Crippen molar-refractivity contribution >= 4 is 11.6 Å². The van der Waals surface area contributed by atoms with E-state index in [0.717, 1.165) is 18.0 Å². The molecule has 0 aliphatic carbocycles. The van der Waals surface area contributed by atoms with E-state index in [1.54, 1.807) is 12.1 Å². The van der Waals surface area contributed by atoms with Crippen molar-refractivity contribution in [1.82, 2.24) is 9.97 Å². The Kier molecular flexibility index (Phi) is 3.31. The summed E-state index contributed by atoms with van der Waals surface area (Å²) in [5.41, 5.74) is 0.942. The Labute approximate surface area is 96.9 Å². The maximum absolute atomic E-state index is 12.5. The number of nitrogens with zero attached hydrogens (tertiary/aromatic N) is 2. The zero-order valence-electron chi connectivity index (χ0n) is 8.23. The molecule has 0 bridgehead atoms. The number of aromatic nitrogens is 2. The third kappa shape index (κ3) is 2.90. The third-order valence-electron chi connectivity index (χ3n) is 1.88. The fraction of sp³-hybridized carbons (Fsp3) is 0.0909. The van der Waals surface area contributed by atoms with Crippen LogP contribution in [0.25, 0.3) is 0 Å². The van der Waals surface area contributed by atoms with E-state index in [0.29, 0.717) is 11.6 Å². The van der Waals surface area contributed by atoms with Gasteiger partial charge in [0.2, 0.25) is 0 Å². The van der Waals surface area contributed by atoms with Gasteiger partial charge in [-0.05, 0) is 17.7 Å². The first-order valence-electron chi connectivity index (χ1n) is 4.59. The molecule has 0 spiro atoms. The molecule has 0 aliphatic heterocycles. The number of hydrogen-bond donors (Lipinski definition) is 0. The predicted octanol–water partition coefficient (Wildman–Crippen LogP) is 2.85. The average molecular weight is 239 g/mol. The van der Waals surface area contributed by atoms with Crippen molar-refractivity contribution < 1.29 is 9.13 Å². The largest absolute Gasteiger partial charge is 0.459 e. The van der Waals surface area contributed by atoms with Gasteiger partial charge < -0.3 is 4.74 Å². The molecule has 1 aromatic heterocycles. The second-order valence-electron chi connectivity index (χ2n) is 3.10. The summed E-state index contributed by atoms with van der Waals surface area (Å²) in [4.78, 5) is 7.35. The minimum atomic E-state index is -0.487. The lowest BCUT2D eigenvalue weighted by Gasteiger charge is -2.03. The summed E-state index contributed by atoms with van der Waals surface area (Å²) >= 11 is 5.74. The van der Waals surface area contributed by atoms with E-state index in [2.05, 4.69) is 9.97 Å². The third-order valence-corrected chi connectivity index (χ3v) is 2.13. The normalized spacial score (nSPS) is 10.1. The number of hydrogen-bond acceptors (Lipinski definition) is 3. The summed E-state index contributed by atoms with van der Waals surface area (Å²) in [7, 11) is 0. The first kappa shape index (κ1) is 10.8. The monoisotopic (exact) mass is 238 g/mol. The van der Waals surface area contributed by atoms with E-state index in [-0.39, 0.29) is 6.01 Å². The van der Waals surface area contributed by atoms with Gasteiger partial charge in [-0.2, -0.15) is 0 Å². The Hall–Kier alpha value is -1.68. The highest BCUT2D eigenvalue weighted by Gasteiger charge is 1.99. The topological polar surface area (TPSA) is 35.0 Å². The molecule has 82 valence electrons. The molecule has 0 radical (unpaired) electrons. The van der Waals surface area contributed by atoms with Crippen molar-refractivity contribution in [2.24, 2.45) is 0 Å². The summed E-state index contributed by atoms with van der Waals surface area (Å²) < 4.78 is 17.8. The van der Waals surface area contributed by atoms with Crippen molar-refractivity contribution in [3.8, 4) is 6.01 Å². The first-order valence-corrected chi connectivity index (χ1v) is 4.96. The van der Waals surface area contributed by atoms with Gasteiger partial charge in [0, 0.05) is 5.02 Å². The molecule has 5 heteroatoms. The minimum Gasteiger partial charge on any atom is -0.459 e. The molecule has 0 amide bonds. The lowest BCUT2D eigenvalue weighted by molar-refractivity contribution is 0.279. The Morgan fingerprint density at radius 2 is 1.75 bits per heavy atom. The van der Waals surface area contributed by atoms with Crippen LogP contribution < -0.4 is 4.74 Å². The summed E-state index contributed by atoms with van der Waals surface area (Å²) in [6.45, 7) is 0.322. The van der Waals surface area contributed by atoms with Gasteiger partial charge in [0.05, 0.1) is 12.4 Å². The molecular formula is C11H8ClFN2O. The van der Waals surface area contributed by atoms with Crippen LogP contribution in [0.3, 0.4) is 0 Å². The predicted molar refractivity (Wildman–Crippen MR) is 57.8 cm³/mol. The minimum absolute atomic E-state index is 0.149. The van der Waals surface area contributed by atoms with Gasteiger partial charge in [-0.3, -0.25) is 0 Å². The maximum atomic E-state index is 12.5. The van der Waals surface area contributed by atoms with E-state index in [9.17, 15) is 4.39 Å². The molecule has 3 nitrogen and oxygen atoms in total. The zero-order chi connectivity index (χ0) is 11.4. The van der Waals surface area contributed by atoms with Crippen molar-refractivity contribution in [2.45, 2.75) is 6.61 Å². The molecule has 0 N–H and O–H groups in total. The molecule has 1 heterocycles. The van der Waals surface area contributed by atoms with Crippen molar-refractivity contribution in [1.29, 1.82) is 0 Å². The van der Waals surface area contributed by atoms with Gasteiger partial charge in [-0.15, -0.1) is 0 Å².